The van der Waals surface area contributed by atoms with Crippen LogP contribution in [-0.2, 0) is 4.74 Å². The summed E-state index contributed by atoms with van der Waals surface area (Å²) in [4.78, 5) is 0. The first-order valence-corrected chi connectivity index (χ1v) is 9.06. The van der Waals surface area contributed by atoms with Crippen molar-refractivity contribution in [2.24, 2.45) is 5.41 Å². The highest BCUT2D eigenvalue weighted by atomic mass is 127. The fourth-order valence-corrected chi connectivity index (χ4v) is 4.17. The van der Waals surface area contributed by atoms with Gasteiger partial charge in [0, 0.05) is 10.5 Å². The van der Waals surface area contributed by atoms with Crippen molar-refractivity contribution in [3.8, 4) is 0 Å². The minimum absolute atomic E-state index is 0.0774. The lowest BCUT2D eigenvalue weighted by Gasteiger charge is -2.38. The van der Waals surface area contributed by atoms with Gasteiger partial charge in [0.15, 0.2) is 0 Å². The first kappa shape index (κ1) is 17.7. The molecule has 114 valence electrons. The first-order chi connectivity index (χ1) is 8.74. The summed E-state index contributed by atoms with van der Waals surface area (Å²) in [6.45, 7) is 9.52. The molecule has 1 fully saturated rings. The Morgan fingerprint density at radius 1 is 0.947 bits per heavy atom. The minimum Gasteiger partial charge on any atom is -0.379 e. The summed E-state index contributed by atoms with van der Waals surface area (Å²) < 4.78 is 6.39. The normalized spacial score (nSPS) is 37.6. The lowest BCUT2D eigenvalue weighted by atomic mass is 9.75. The second-order valence-electron chi connectivity index (χ2n) is 7.56. The van der Waals surface area contributed by atoms with Crippen molar-refractivity contribution in [2.75, 3.05) is 7.11 Å². The molecule has 0 heterocycles. The Kier molecular flexibility index (Phi) is 6.63. The summed E-state index contributed by atoms with van der Waals surface area (Å²) in [6.07, 6.45) is 11.9. The van der Waals surface area contributed by atoms with Crippen LogP contribution in [0.25, 0.3) is 0 Å². The van der Waals surface area contributed by atoms with E-state index in [1.165, 1.54) is 57.8 Å². The summed E-state index contributed by atoms with van der Waals surface area (Å²) in [5.41, 5.74) is 0.467. The van der Waals surface area contributed by atoms with Crippen LogP contribution in [-0.4, -0.2) is 16.1 Å². The van der Waals surface area contributed by atoms with Crippen LogP contribution in [0.3, 0.4) is 0 Å². The van der Waals surface area contributed by atoms with Crippen molar-refractivity contribution in [3.63, 3.8) is 0 Å². The molecule has 2 unspecified atom stereocenters. The Hall–Kier alpha value is 0.690. The van der Waals surface area contributed by atoms with E-state index in [2.05, 4.69) is 50.3 Å². The van der Waals surface area contributed by atoms with Gasteiger partial charge in [-0.25, -0.2) is 0 Å². The van der Waals surface area contributed by atoms with Crippen LogP contribution in [0, 0.1) is 5.41 Å². The Morgan fingerprint density at radius 3 is 2.16 bits per heavy atom. The van der Waals surface area contributed by atoms with Crippen LogP contribution >= 0.6 is 22.6 Å². The molecular formula is C17H33IO. The monoisotopic (exact) mass is 380 g/mol. The SMILES string of the molecule is CCC1(I)CCCCCC(C)(OC)CC(C)(C)CC1. The third-order valence-corrected chi connectivity index (χ3v) is 6.90. The zero-order chi connectivity index (χ0) is 14.6. The molecule has 0 aromatic heterocycles. The number of methoxy groups -OCH3 is 1. The molecular weight excluding hydrogens is 347 g/mol. The molecule has 0 aromatic carbocycles. The van der Waals surface area contributed by atoms with Crippen molar-refractivity contribution in [1.82, 2.24) is 0 Å². The summed E-state index contributed by atoms with van der Waals surface area (Å²) in [5.74, 6) is 0. The molecule has 0 radical (unpaired) electrons. The fraction of sp³-hybridized carbons (Fsp3) is 1.00. The maximum absolute atomic E-state index is 5.86. The van der Waals surface area contributed by atoms with Gasteiger partial charge in [-0.15, -0.1) is 0 Å². The number of hydrogen-bond donors (Lipinski definition) is 0. The molecule has 1 rings (SSSR count). The number of ether oxygens (including phenoxy) is 1. The molecule has 0 spiro atoms. The summed E-state index contributed by atoms with van der Waals surface area (Å²) in [6, 6.07) is 0. The number of rotatable bonds is 2. The highest BCUT2D eigenvalue weighted by molar-refractivity contribution is 14.1. The van der Waals surface area contributed by atoms with Crippen LogP contribution in [0.1, 0.15) is 85.5 Å². The molecule has 0 saturated heterocycles. The highest BCUT2D eigenvalue weighted by Crippen LogP contribution is 2.43. The quantitative estimate of drug-likeness (QED) is 0.413. The lowest BCUT2D eigenvalue weighted by Crippen LogP contribution is -2.34. The standard InChI is InChI=1S/C17H33IO/c1-6-17(18)11-9-7-8-10-16(4,19-5)14-15(2,3)12-13-17/h6-14H2,1-5H3. The average Bonchev–Trinajstić information content (AvgIpc) is 2.37. The van der Waals surface area contributed by atoms with E-state index in [9.17, 15) is 0 Å². The van der Waals surface area contributed by atoms with Gasteiger partial charge in [0.25, 0.3) is 0 Å². The Balaban J connectivity index is 2.79. The Morgan fingerprint density at radius 2 is 1.58 bits per heavy atom. The fourth-order valence-electron chi connectivity index (χ4n) is 3.52. The van der Waals surface area contributed by atoms with Gasteiger partial charge >= 0.3 is 0 Å². The smallest absolute Gasteiger partial charge is 0.0655 e. The molecule has 0 amide bonds. The summed E-state index contributed by atoms with van der Waals surface area (Å²) in [7, 11) is 1.89. The number of hydrogen-bond acceptors (Lipinski definition) is 1. The molecule has 0 aromatic rings. The van der Waals surface area contributed by atoms with Crippen molar-refractivity contribution in [3.05, 3.63) is 0 Å². The van der Waals surface area contributed by atoms with Crippen molar-refractivity contribution < 1.29 is 4.74 Å². The first-order valence-electron chi connectivity index (χ1n) is 7.98. The van der Waals surface area contributed by atoms with Gasteiger partial charge in [-0.05, 0) is 50.9 Å². The number of halogens is 1. The minimum atomic E-state index is 0.0774. The molecule has 1 aliphatic carbocycles. The third kappa shape index (κ3) is 5.91. The maximum Gasteiger partial charge on any atom is 0.0655 e. The van der Waals surface area contributed by atoms with Gasteiger partial charge in [-0.1, -0.05) is 62.6 Å². The molecule has 19 heavy (non-hydrogen) atoms. The zero-order valence-electron chi connectivity index (χ0n) is 13.7. The van der Waals surface area contributed by atoms with E-state index in [1.54, 1.807) is 0 Å². The molecule has 1 nitrogen and oxygen atoms in total. The van der Waals surface area contributed by atoms with Gasteiger partial charge < -0.3 is 4.74 Å². The van der Waals surface area contributed by atoms with Gasteiger partial charge in [0.1, 0.15) is 0 Å². The predicted molar refractivity (Wildman–Crippen MR) is 93.2 cm³/mol. The molecule has 2 atom stereocenters. The third-order valence-electron chi connectivity index (χ3n) is 5.06. The number of alkyl halides is 1. The second kappa shape index (κ2) is 7.11. The van der Waals surface area contributed by atoms with Crippen LogP contribution < -0.4 is 0 Å². The largest absolute Gasteiger partial charge is 0.379 e. The lowest BCUT2D eigenvalue weighted by molar-refractivity contribution is -0.0375. The van der Waals surface area contributed by atoms with Crippen molar-refractivity contribution in [2.45, 2.75) is 94.5 Å². The summed E-state index contributed by atoms with van der Waals surface area (Å²) in [5, 5.41) is 0. The van der Waals surface area contributed by atoms with E-state index in [4.69, 9.17) is 4.74 Å². The maximum atomic E-state index is 5.86. The topological polar surface area (TPSA) is 9.23 Å². The second-order valence-corrected chi connectivity index (χ2v) is 9.85. The van der Waals surface area contributed by atoms with E-state index < -0.39 is 0 Å². The zero-order valence-corrected chi connectivity index (χ0v) is 15.8. The van der Waals surface area contributed by atoms with E-state index in [0.29, 0.717) is 8.84 Å². The Labute approximate surface area is 134 Å². The van der Waals surface area contributed by atoms with E-state index >= 15 is 0 Å². The van der Waals surface area contributed by atoms with Crippen molar-refractivity contribution in [1.29, 1.82) is 0 Å². The van der Waals surface area contributed by atoms with Crippen LogP contribution in [0.5, 0.6) is 0 Å². The molecule has 0 bridgehead atoms. The van der Waals surface area contributed by atoms with E-state index in [1.807, 2.05) is 7.11 Å². The highest BCUT2D eigenvalue weighted by Gasteiger charge is 2.35. The Bertz CT molecular complexity index is 276. The van der Waals surface area contributed by atoms with E-state index in [-0.39, 0.29) is 5.60 Å². The van der Waals surface area contributed by atoms with E-state index in [0.717, 1.165) is 0 Å². The predicted octanol–water partition coefficient (Wildman–Crippen LogP) is 6.14. The molecule has 2 heteroatoms. The van der Waals surface area contributed by atoms with Gasteiger partial charge in [0.05, 0.1) is 5.60 Å². The molecule has 0 aliphatic heterocycles. The van der Waals surface area contributed by atoms with Crippen LogP contribution in [0.2, 0.25) is 0 Å². The van der Waals surface area contributed by atoms with Gasteiger partial charge in [-0.3, -0.25) is 0 Å². The molecule has 1 aliphatic rings. The van der Waals surface area contributed by atoms with Gasteiger partial charge in [0.2, 0.25) is 0 Å². The molecule has 1 saturated carbocycles. The van der Waals surface area contributed by atoms with Crippen LogP contribution in [0.15, 0.2) is 0 Å². The molecule has 0 N–H and O–H groups in total. The average molecular weight is 380 g/mol. The van der Waals surface area contributed by atoms with Crippen molar-refractivity contribution >= 4 is 22.6 Å². The van der Waals surface area contributed by atoms with Crippen LogP contribution in [0.4, 0.5) is 0 Å². The van der Waals surface area contributed by atoms with Gasteiger partial charge in [-0.2, -0.15) is 0 Å². The summed E-state index contributed by atoms with van der Waals surface area (Å²) >= 11 is 2.74.